The van der Waals surface area contributed by atoms with E-state index in [-0.39, 0.29) is 42.7 Å². The van der Waals surface area contributed by atoms with E-state index in [4.69, 9.17) is 9.72 Å². The molecule has 0 amide bonds. The van der Waals surface area contributed by atoms with Crippen LogP contribution in [-0.2, 0) is 48.1 Å². The first-order valence-corrected chi connectivity index (χ1v) is 25.4. The Labute approximate surface area is 446 Å². The summed E-state index contributed by atoms with van der Waals surface area (Å²) in [6, 6.07) is 45.8. The Kier molecular flexibility index (Phi) is 11.0. The Morgan fingerprint density at radius 2 is 1.21 bits per heavy atom. The molecule has 1 aliphatic carbocycles. The number of fused-ring (bicyclic) bond motifs is 12. The monoisotopic (exact) mass is 1140 g/mol. The molecule has 1 spiro atoms. The molecule has 0 bridgehead atoms. The molecule has 372 valence electrons. The zero-order valence-corrected chi connectivity index (χ0v) is 46.8. The second-order valence-corrected chi connectivity index (χ2v) is 24.5. The Balaban J connectivity index is 0.00000574. The number of rotatable bonds is 4. The quantitative estimate of drug-likeness (QED) is 0.164. The minimum atomic E-state index is -0.687. The predicted octanol–water partition coefficient (Wildman–Crippen LogP) is 15.9. The maximum atomic E-state index is 7.00. The van der Waals surface area contributed by atoms with Gasteiger partial charge >= 0.3 is 0 Å². The maximum Gasteiger partial charge on any atom is 0.160 e. The fourth-order valence-electron chi connectivity index (χ4n) is 11.9. The molecule has 12 rings (SSSR count). The Morgan fingerprint density at radius 1 is 0.589 bits per heavy atom. The van der Waals surface area contributed by atoms with Crippen molar-refractivity contribution in [3.63, 3.8) is 0 Å². The van der Waals surface area contributed by atoms with Gasteiger partial charge in [-0.1, -0.05) is 149 Å². The van der Waals surface area contributed by atoms with Crippen LogP contribution in [0.25, 0.3) is 50.1 Å². The smallest absolute Gasteiger partial charge is 0.160 e. The summed E-state index contributed by atoms with van der Waals surface area (Å²) < 4.78 is 9.18. The third kappa shape index (κ3) is 7.34. The van der Waals surface area contributed by atoms with Crippen LogP contribution in [0.4, 0.5) is 17.1 Å². The first-order chi connectivity index (χ1) is 34.0. The summed E-state index contributed by atoms with van der Waals surface area (Å²) >= 11 is 0. The van der Waals surface area contributed by atoms with Gasteiger partial charge in [0.25, 0.3) is 0 Å². The van der Waals surface area contributed by atoms with Crippen molar-refractivity contribution in [1.29, 1.82) is 0 Å². The summed E-state index contributed by atoms with van der Waals surface area (Å²) in [6.45, 7) is 32.8. The Hall–Kier alpha value is -6.56. The normalized spacial score (nSPS) is 14.6. The van der Waals surface area contributed by atoms with Crippen molar-refractivity contribution in [2.75, 3.05) is 16.8 Å². The Bertz CT molecular complexity index is 3650. The molecule has 3 aliphatic rings. The van der Waals surface area contributed by atoms with Gasteiger partial charge in [-0.15, -0.1) is 35.2 Å². The second kappa shape index (κ2) is 16.5. The van der Waals surface area contributed by atoms with Gasteiger partial charge in [-0.25, -0.2) is 15.0 Å². The summed E-state index contributed by atoms with van der Waals surface area (Å²) in [7, 11) is 2.16. The van der Waals surface area contributed by atoms with Crippen LogP contribution in [0.1, 0.15) is 133 Å². The van der Waals surface area contributed by atoms with Crippen LogP contribution < -0.4 is 14.5 Å². The van der Waals surface area contributed by atoms with Crippen molar-refractivity contribution in [3.05, 3.63) is 191 Å². The molecule has 3 aromatic heterocycles. The average molecular weight is 1140 g/mol. The number of aryl methyl sites for hydroxylation is 1. The largest absolute Gasteiger partial charge is 0.509 e. The van der Waals surface area contributed by atoms with E-state index in [0.717, 1.165) is 44.4 Å². The SMILES string of the molecule is Cc1cc(-n2c3[c-]c(Oc4[c-]c5c(cc4)C4(c6cccc7c6N5[CH-]N7C)c5c(cc(C(C)(C)C)cc5C(C)(C)C)-c5cc(C(C)(C)C)cc(C(C)(C)C)c54)ccc3c3ccccc32)ncc1-c1ncccn1.[Pt]. The van der Waals surface area contributed by atoms with Crippen LogP contribution in [0.15, 0.2) is 122 Å². The summed E-state index contributed by atoms with van der Waals surface area (Å²) in [6.07, 6.45) is 5.39. The van der Waals surface area contributed by atoms with Crippen molar-refractivity contribution < 1.29 is 25.8 Å². The van der Waals surface area contributed by atoms with Crippen LogP contribution in [-0.4, -0.2) is 26.6 Å². The van der Waals surface area contributed by atoms with Crippen molar-refractivity contribution in [1.82, 2.24) is 19.5 Å². The minimum Gasteiger partial charge on any atom is -0.509 e. The van der Waals surface area contributed by atoms with E-state index >= 15 is 0 Å². The Morgan fingerprint density at radius 3 is 1.82 bits per heavy atom. The fraction of sp³-hybridized carbons (Fsp3) is 0.292. The predicted molar refractivity (Wildman–Crippen MR) is 295 cm³/mol. The third-order valence-corrected chi connectivity index (χ3v) is 15.4. The molecule has 6 aromatic carbocycles. The van der Waals surface area contributed by atoms with Crippen molar-refractivity contribution >= 4 is 38.9 Å². The van der Waals surface area contributed by atoms with Gasteiger partial charge in [0.1, 0.15) is 5.82 Å². The molecule has 73 heavy (non-hydrogen) atoms. The standard InChI is InChI=1S/C65H63N6O.Pt/c1-38-29-56(68-36-47(38)60-66-27-18-28-67-60)71-52-21-16-15-19-43(52)44-25-23-41(34-54(44)71)72-42-24-26-48-55(35-42)70-37-69(14)53-22-17-20-49(59(53)70)65(48)57-45(30-39(61(2,3)4)32-50(57)63(8,9)10)46-31-40(62(5,6)7)33-51(58(46)65)64(11,12)13;/h15-33,36-37H,1-14H3;/q-3;. The number of hydrogen-bond donors (Lipinski definition) is 0. The topological polar surface area (TPSA) is 59.3 Å². The van der Waals surface area contributed by atoms with Gasteiger partial charge < -0.3 is 19.1 Å². The molecule has 9 aromatic rings. The summed E-state index contributed by atoms with van der Waals surface area (Å²) in [5.41, 5.74) is 19.3. The first-order valence-electron chi connectivity index (χ1n) is 25.4. The number of nitrogens with zero attached hydrogens (tertiary/aromatic N) is 6. The molecule has 0 saturated carbocycles. The molecule has 0 radical (unpaired) electrons. The van der Waals surface area contributed by atoms with Crippen molar-refractivity contribution in [2.24, 2.45) is 0 Å². The molecular weight excluding hydrogens is 1080 g/mol. The van der Waals surface area contributed by atoms with Crippen LogP contribution in [0.2, 0.25) is 0 Å². The van der Waals surface area contributed by atoms with Gasteiger partial charge in [0, 0.05) is 79.0 Å². The summed E-state index contributed by atoms with van der Waals surface area (Å²) in [5.74, 6) is 2.64. The molecule has 0 N–H and O–H groups in total. The van der Waals surface area contributed by atoms with E-state index in [2.05, 4.69) is 231 Å². The average Bonchev–Trinajstić information content (AvgIpc) is 3.95. The van der Waals surface area contributed by atoms with E-state index in [9.17, 15) is 0 Å². The van der Waals surface area contributed by atoms with E-state index in [0.29, 0.717) is 17.3 Å². The molecule has 7 nitrogen and oxygen atoms in total. The minimum absolute atomic E-state index is 0. The number of ether oxygens (including phenoxy) is 1. The number of para-hydroxylation sites is 2. The zero-order chi connectivity index (χ0) is 50.6. The van der Waals surface area contributed by atoms with Crippen LogP contribution in [0.3, 0.4) is 0 Å². The van der Waals surface area contributed by atoms with Crippen LogP contribution >= 0.6 is 0 Å². The number of anilines is 3. The van der Waals surface area contributed by atoms with E-state index < -0.39 is 5.41 Å². The van der Waals surface area contributed by atoms with Crippen LogP contribution in [0, 0.1) is 25.7 Å². The fourth-order valence-corrected chi connectivity index (χ4v) is 11.9. The van der Waals surface area contributed by atoms with Gasteiger partial charge in [-0.2, -0.15) is 18.8 Å². The number of benzene rings is 6. The molecule has 5 heterocycles. The third-order valence-electron chi connectivity index (χ3n) is 15.4. The summed E-state index contributed by atoms with van der Waals surface area (Å²) in [4.78, 5) is 18.6. The molecular formula is C65H63N6OPt-3. The molecule has 0 unspecified atom stereocenters. The van der Waals surface area contributed by atoms with Gasteiger partial charge in [0.05, 0.1) is 0 Å². The number of aromatic nitrogens is 4. The second-order valence-electron chi connectivity index (χ2n) is 24.5. The van der Waals surface area contributed by atoms with Crippen molar-refractivity contribution in [3.8, 4) is 39.8 Å². The van der Waals surface area contributed by atoms with Gasteiger partial charge in [-0.3, -0.25) is 0 Å². The molecule has 0 fully saturated rings. The van der Waals surface area contributed by atoms with Gasteiger partial charge in [0.2, 0.25) is 0 Å². The molecule has 2 aliphatic heterocycles. The van der Waals surface area contributed by atoms with E-state index in [1.54, 1.807) is 12.4 Å². The zero-order valence-electron chi connectivity index (χ0n) is 44.5. The van der Waals surface area contributed by atoms with Gasteiger partial charge in [-0.05, 0) is 121 Å². The van der Waals surface area contributed by atoms with Gasteiger partial charge in [0.15, 0.2) is 5.82 Å². The van der Waals surface area contributed by atoms with Crippen LogP contribution in [0.5, 0.6) is 11.5 Å². The number of pyridine rings is 1. The van der Waals surface area contributed by atoms with E-state index in [1.807, 2.05) is 18.3 Å². The van der Waals surface area contributed by atoms with Crippen molar-refractivity contribution in [2.45, 2.75) is 117 Å². The molecule has 0 saturated heterocycles. The number of hydrogen-bond acceptors (Lipinski definition) is 6. The summed E-state index contributed by atoms with van der Waals surface area (Å²) in [5, 5.41) is 2.18. The first kappa shape index (κ1) is 48.7. The maximum absolute atomic E-state index is 7.00. The molecule has 8 heteroatoms. The van der Waals surface area contributed by atoms with E-state index in [1.165, 1.54) is 67.0 Å². The molecule has 0 atom stereocenters.